The number of halogens is 1. The molecule has 1 atom stereocenters. The normalized spacial score (nSPS) is 12.7. The van der Waals surface area contributed by atoms with E-state index in [0.717, 1.165) is 20.8 Å². The Morgan fingerprint density at radius 3 is 2.59 bits per heavy atom. The number of rotatable bonds is 6. The maximum Gasteiger partial charge on any atom is 0.244 e. The summed E-state index contributed by atoms with van der Waals surface area (Å²) in [5, 5.41) is 3.07. The number of likely N-dealkylation sites (N-methyl/N-ethyl adjacent to an activating group) is 1. The first-order chi connectivity index (χ1) is 10.5. The summed E-state index contributed by atoms with van der Waals surface area (Å²) in [5.74, 6) is -0.0831. The molecular weight excluding hydrogens is 360 g/mol. The summed E-state index contributed by atoms with van der Waals surface area (Å²) in [4.78, 5) is 15.3. The van der Waals surface area contributed by atoms with Crippen molar-refractivity contribution in [1.82, 2.24) is 10.2 Å². The number of nitrogens with zero attached hydrogens (tertiary/aromatic N) is 1. The molecule has 0 saturated carbocycles. The largest absolute Gasteiger partial charge is 0.344 e. The Morgan fingerprint density at radius 1 is 1.27 bits per heavy atom. The van der Waals surface area contributed by atoms with Gasteiger partial charge in [0, 0.05) is 17.5 Å². The van der Waals surface area contributed by atoms with Crippen molar-refractivity contribution in [3.8, 4) is 0 Å². The Kier molecular flexibility index (Phi) is 6.36. The highest BCUT2D eigenvalue weighted by atomic mass is 79.9. The first-order valence-electron chi connectivity index (χ1n) is 6.98. The lowest BCUT2D eigenvalue weighted by atomic mass is 10.1. The number of thiophene rings is 1. The number of carbonyl (C=O) groups is 1. The van der Waals surface area contributed by atoms with Gasteiger partial charge in [-0.05, 0) is 53.8 Å². The van der Waals surface area contributed by atoms with Crippen LogP contribution in [0.4, 0.5) is 0 Å². The molecule has 2 rings (SSSR count). The Morgan fingerprint density at radius 2 is 2.00 bits per heavy atom. The first-order valence-corrected chi connectivity index (χ1v) is 8.59. The van der Waals surface area contributed by atoms with E-state index in [1.165, 1.54) is 0 Å². The van der Waals surface area contributed by atoms with Crippen LogP contribution < -0.4 is 5.32 Å². The molecule has 0 aliphatic heterocycles. The highest BCUT2D eigenvalue weighted by Gasteiger charge is 2.13. The average molecular weight is 379 g/mol. The van der Waals surface area contributed by atoms with Crippen LogP contribution in [0.1, 0.15) is 16.5 Å². The summed E-state index contributed by atoms with van der Waals surface area (Å²) in [7, 11) is 4.00. The number of benzene rings is 1. The third kappa shape index (κ3) is 5.40. The molecule has 1 heterocycles. The number of carbonyl (C=O) groups excluding carboxylic acids is 1. The van der Waals surface area contributed by atoms with Crippen molar-refractivity contribution in [2.75, 3.05) is 20.6 Å². The minimum absolute atomic E-state index is 0.0246. The summed E-state index contributed by atoms with van der Waals surface area (Å²) in [6.07, 6.45) is 3.42. The van der Waals surface area contributed by atoms with E-state index in [1.54, 1.807) is 17.4 Å². The molecule has 3 nitrogen and oxygen atoms in total. The second-order valence-electron chi connectivity index (χ2n) is 5.21. The van der Waals surface area contributed by atoms with Crippen LogP contribution in [-0.2, 0) is 4.79 Å². The lowest BCUT2D eigenvalue weighted by Gasteiger charge is -2.22. The van der Waals surface area contributed by atoms with Crippen molar-refractivity contribution in [1.29, 1.82) is 0 Å². The van der Waals surface area contributed by atoms with Crippen LogP contribution in [0.25, 0.3) is 6.08 Å². The Hall–Kier alpha value is -1.43. The molecule has 0 spiro atoms. The van der Waals surface area contributed by atoms with Crippen LogP contribution in [0.15, 0.2) is 52.3 Å². The van der Waals surface area contributed by atoms with E-state index >= 15 is 0 Å². The third-order valence-corrected chi connectivity index (χ3v) is 4.65. The number of hydrogen-bond acceptors (Lipinski definition) is 3. The molecular formula is C17H19BrN2OS. The molecule has 1 amide bonds. The highest BCUT2D eigenvalue weighted by Crippen LogP contribution is 2.23. The van der Waals surface area contributed by atoms with E-state index < -0.39 is 0 Å². The molecule has 0 aliphatic carbocycles. The molecule has 1 unspecified atom stereocenters. The van der Waals surface area contributed by atoms with Gasteiger partial charge in [-0.15, -0.1) is 11.3 Å². The summed E-state index contributed by atoms with van der Waals surface area (Å²) < 4.78 is 1.06. The Labute approximate surface area is 143 Å². The van der Waals surface area contributed by atoms with Gasteiger partial charge in [-0.3, -0.25) is 4.79 Å². The Balaban J connectivity index is 2.03. The van der Waals surface area contributed by atoms with Gasteiger partial charge in [-0.25, -0.2) is 0 Å². The van der Waals surface area contributed by atoms with Gasteiger partial charge in [-0.1, -0.05) is 30.3 Å². The molecule has 0 radical (unpaired) electrons. The lowest BCUT2D eigenvalue weighted by molar-refractivity contribution is -0.117. The summed E-state index contributed by atoms with van der Waals surface area (Å²) in [6, 6.07) is 14.0. The van der Waals surface area contributed by atoms with E-state index in [2.05, 4.69) is 26.1 Å². The van der Waals surface area contributed by atoms with Crippen LogP contribution in [0, 0.1) is 0 Å². The summed E-state index contributed by atoms with van der Waals surface area (Å²) in [6.45, 7) is 0.758. The van der Waals surface area contributed by atoms with Gasteiger partial charge in [0.25, 0.3) is 0 Å². The van der Waals surface area contributed by atoms with Crippen LogP contribution in [-0.4, -0.2) is 31.4 Å². The first kappa shape index (κ1) is 16.9. The second-order valence-corrected chi connectivity index (χ2v) is 7.70. The second kappa shape index (κ2) is 8.27. The van der Waals surface area contributed by atoms with E-state index in [4.69, 9.17) is 0 Å². The zero-order chi connectivity index (χ0) is 15.9. The molecule has 1 N–H and O–H groups in total. The molecule has 1 aromatic carbocycles. The van der Waals surface area contributed by atoms with E-state index in [0.29, 0.717) is 0 Å². The highest BCUT2D eigenvalue weighted by molar-refractivity contribution is 9.11. The van der Waals surface area contributed by atoms with E-state index in [1.807, 2.05) is 62.6 Å². The van der Waals surface area contributed by atoms with Crippen molar-refractivity contribution in [2.24, 2.45) is 0 Å². The fraction of sp³-hybridized carbons (Fsp3) is 0.235. The molecule has 22 heavy (non-hydrogen) atoms. The van der Waals surface area contributed by atoms with E-state index in [9.17, 15) is 4.79 Å². The predicted octanol–water partition coefficient (Wildman–Crippen LogP) is 3.94. The van der Waals surface area contributed by atoms with Gasteiger partial charge in [-0.2, -0.15) is 0 Å². The van der Waals surface area contributed by atoms with Gasteiger partial charge in [0.15, 0.2) is 0 Å². The number of nitrogens with one attached hydrogen (secondary N) is 1. The molecule has 0 fully saturated rings. The fourth-order valence-corrected chi connectivity index (χ4v) is 3.41. The van der Waals surface area contributed by atoms with Crippen LogP contribution >= 0.6 is 27.3 Å². The van der Waals surface area contributed by atoms with Gasteiger partial charge >= 0.3 is 0 Å². The number of amides is 1. The fourth-order valence-electron chi connectivity index (χ4n) is 2.08. The molecule has 1 aromatic heterocycles. The predicted molar refractivity (Wildman–Crippen MR) is 96.9 cm³/mol. The zero-order valence-electron chi connectivity index (χ0n) is 12.6. The monoisotopic (exact) mass is 378 g/mol. The SMILES string of the molecule is CN(C)CC(NC(=O)/C=C/c1ccc(Br)s1)c1ccccc1. The van der Waals surface area contributed by atoms with Crippen molar-refractivity contribution >= 4 is 39.2 Å². The van der Waals surface area contributed by atoms with Gasteiger partial charge in [0.1, 0.15) is 0 Å². The molecule has 2 aromatic rings. The zero-order valence-corrected chi connectivity index (χ0v) is 15.0. The minimum atomic E-state index is -0.0831. The van der Waals surface area contributed by atoms with Crippen molar-refractivity contribution in [2.45, 2.75) is 6.04 Å². The van der Waals surface area contributed by atoms with Crippen molar-refractivity contribution in [3.05, 3.63) is 62.8 Å². The quantitative estimate of drug-likeness (QED) is 0.771. The Bertz CT molecular complexity index is 637. The van der Waals surface area contributed by atoms with Crippen LogP contribution in [0.2, 0.25) is 0 Å². The molecule has 0 aliphatic rings. The minimum Gasteiger partial charge on any atom is -0.344 e. The van der Waals surface area contributed by atoms with Crippen molar-refractivity contribution in [3.63, 3.8) is 0 Å². The van der Waals surface area contributed by atoms with Crippen LogP contribution in [0.3, 0.4) is 0 Å². The van der Waals surface area contributed by atoms with Gasteiger partial charge < -0.3 is 10.2 Å². The third-order valence-electron chi connectivity index (χ3n) is 3.06. The number of hydrogen-bond donors (Lipinski definition) is 1. The summed E-state index contributed by atoms with van der Waals surface area (Å²) in [5.41, 5.74) is 1.11. The van der Waals surface area contributed by atoms with Gasteiger partial charge in [0.05, 0.1) is 9.83 Å². The van der Waals surface area contributed by atoms with Gasteiger partial charge in [0.2, 0.25) is 5.91 Å². The topological polar surface area (TPSA) is 32.3 Å². The van der Waals surface area contributed by atoms with E-state index in [-0.39, 0.29) is 11.9 Å². The molecule has 0 bridgehead atoms. The smallest absolute Gasteiger partial charge is 0.244 e. The molecule has 116 valence electrons. The average Bonchev–Trinajstić information content (AvgIpc) is 2.91. The standard InChI is InChI=1S/C17H19BrN2OS/c1-20(2)12-15(13-6-4-3-5-7-13)19-17(21)11-9-14-8-10-16(18)22-14/h3-11,15H,12H2,1-2H3,(H,19,21)/b11-9+. The maximum atomic E-state index is 12.2. The molecule has 0 saturated heterocycles. The van der Waals surface area contributed by atoms with Crippen LogP contribution in [0.5, 0.6) is 0 Å². The molecule has 5 heteroatoms. The van der Waals surface area contributed by atoms with Crippen molar-refractivity contribution < 1.29 is 4.79 Å². The maximum absolute atomic E-state index is 12.2. The lowest BCUT2D eigenvalue weighted by Crippen LogP contribution is -2.34. The summed E-state index contributed by atoms with van der Waals surface area (Å²) >= 11 is 5.01.